The first-order valence-electron chi connectivity index (χ1n) is 17.4. The van der Waals surface area contributed by atoms with Crippen molar-refractivity contribution in [2.75, 3.05) is 13.2 Å². The fourth-order valence-electron chi connectivity index (χ4n) is 5.28. The van der Waals surface area contributed by atoms with Gasteiger partial charge in [0.25, 0.3) is 0 Å². The summed E-state index contributed by atoms with van der Waals surface area (Å²) in [6.45, 7) is 6.16. The molecular formula is C34H69NO5. The average Bonchev–Trinajstić information content (AvgIpc) is 2.94. The number of nitrogens with zero attached hydrogens (tertiary/aromatic N) is 1. The molecule has 0 rings (SSSR count). The zero-order chi connectivity index (χ0) is 29.7. The Balaban J connectivity index is 3.81. The van der Waals surface area contributed by atoms with Crippen LogP contribution in [0.25, 0.3) is 0 Å². The first-order chi connectivity index (χ1) is 19.4. The molecule has 0 bridgehead atoms. The van der Waals surface area contributed by atoms with E-state index in [1.807, 2.05) is 0 Å². The molecule has 6 heteroatoms. The fraction of sp³-hybridized carbons (Fsp3) is 0.971. The molecule has 0 aromatic rings. The minimum Gasteiger partial charge on any atom is -0.449 e. The Morgan fingerprint density at radius 2 is 0.900 bits per heavy atom. The molecular weight excluding hydrogens is 502 g/mol. The summed E-state index contributed by atoms with van der Waals surface area (Å²) in [5.41, 5.74) is 0. The van der Waals surface area contributed by atoms with Gasteiger partial charge in [-0.1, -0.05) is 162 Å². The van der Waals surface area contributed by atoms with Crippen molar-refractivity contribution in [1.29, 1.82) is 0 Å². The highest BCUT2D eigenvalue weighted by Crippen LogP contribution is 2.16. The lowest BCUT2D eigenvalue weighted by atomic mass is 10.0. The molecule has 3 unspecified atom stereocenters. The summed E-state index contributed by atoms with van der Waals surface area (Å²) in [4.78, 5) is 13.6. The van der Waals surface area contributed by atoms with Crippen molar-refractivity contribution in [1.82, 2.24) is 4.90 Å². The van der Waals surface area contributed by atoms with Crippen LogP contribution in [0.4, 0.5) is 4.79 Å². The quantitative estimate of drug-likeness (QED) is 0.0590. The van der Waals surface area contributed by atoms with Crippen molar-refractivity contribution in [3.05, 3.63) is 0 Å². The SMILES string of the molecule is CCCCCCCCCCCCCCCCC(O)C(O)CN(C(=O)OCCCCCCCCCCCC)C(C)O. The van der Waals surface area contributed by atoms with E-state index in [9.17, 15) is 20.1 Å². The molecule has 0 heterocycles. The van der Waals surface area contributed by atoms with Crippen LogP contribution >= 0.6 is 0 Å². The van der Waals surface area contributed by atoms with E-state index >= 15 is 0 Å². The number of amides is 1. The molecule has 0 spiro atoms. The topological polar surface area (TPSA) is 90.2 Å². The normalized spacial score (nSPS) is 13.8. The van der Waals surface area contributed by atoms with Crippen LogP contribution in [0.5, 0.6) is 0 Å². The number of unbranched alkanes of at least 4 members (excludes halogenated alkanes) is 22. The molecule has 6 nitrogen and oxygen atoms in total. The molecule has 0 aliphatic carbocycles. The number of carbonyl (C=O) groups excluding carboxylic acids is 1. The predicted octanol–water partition coefficient (Wildman–Crippen LogP) is 9.28. The summed E-state index contributed by atoms with van der Waals surface area (Å²) < 4.78 is 5.34. The Kier molecular flexibility index (Phi) is 29.0. The number of rotatable bonds is 30. The van der Waals surface area contributed by atoms with Gasteiger partial charge >= 0.3 is 6.09 Å². The third kappa shape index (κ3) is 24.9. The van der Waals surface area contributed by atoms with Crippen LogP contribution in [0.2, 0.25) is 0 Å². The van der Waals surface area contributed by atoms with Crippen molar-refractivity contribution >= 4 is 6.09 Å². The smallest absolute Gasteiger partial charge is 0.411 e. The molecule has 3 N–H and O–H groups in total. The molecule has 1 amide bonds. The molecule has 0 aromatic heterocycles. The minimum atomic E-state index is -1.10. The summed E-state index contributed by atoms with van der Waals surface area (Å²) in [5, 5.41) is 30.9. The highest BCUT2D eigenvalue weighted by Gasteiger charge is 2.26. The summed E-state index contributed by atoms with van der Waals surface area (Å²) in [5.74, 6) is 0. The molecule has 0 aromatic carbocycles. The van der Waals surface area contributed by atoms with Gasteiger partial charge in [-0.15, -0.1) is 0 Å². The number of carbonyl (C=O) groups is 1. The minimum absolute atomic E-state index is 0.131. The number of ether oxygens (including phenoxy) is 1. The first-order valence-corrected chi connectivity index (χ1v) is 17.4. The van der Waals surface area contributed by atoms with Crippen LogP contribution in [-0.4, -0.2) is 57.9 Å². The number of hydrogen-bond donors (Lipinski definition) is 3. The molecule has 0 aliphatic heterocycles. The standard InChI is InChI=1S/C34H69NO5/c1-4-6-8-10-12-14-16-17-18-19-20-22-24-26-28-32(37)33(38)30-35(31(3)36)34(39)40-29-27-25-23-21-15-13-11-9-7-5-2/h31-33,36-38H,4-30H2,1-3H3. The van der Waals surface area contributed by atoms with Gasteiger partial charge in [0.15, 0.2) is 0 Å². The van der Waals surface area contributed by atoms with Crippen molar-refractivity contribution in [2.45, 2.75) is 200 Å². The van der Waals surface area contributed by atoms with Crippen LogP contribution in [0.1, 0.15) is 181 Å². The Labute approximate surface area is 248 Å². The second kappa shape index (κ2) is 29.6. The van der Waals surface area contributed by atoms with Gasteiger partial charge in [0.2, 0.25) is 0 Å². The lowest BCUT2D eigenvalue weighted by Gasteiger charge is -2.29. The van der Waals surface area contributed by atoms with Crippen molar-refractivity contribution in [3.63, 3.8) is 0 Å². The van der Waals surface area contributed by atoms with E-state index in [1.54, 1.807) is 0 Å². The summed E-state index contributed by atoms with van der Waals surface area (Å²) in [6, 6.07) is 0. The van der Waals surface area contributed by atoms with Crippen LogP contribution in [0.3, 0.4) is 0 Å². The van der Waals surface area contributed by atoms with E-state index in [1.165, 1.54) is 122 Å². The van der Waals surface area contributed by atoms with Gasteiger partial charge in [0, 0.05) is 0 Å². The van der Waals surface area contributed by atoms with Crippen LogP contribution in [-0.2, 0) is 4.74 Å². The predicted molar refractivity (Wildman–Crippen MR) is 169 cm³/mol. The molecule has 0 fully saturated rings. The second-order valence-corrected chi connectivity index (χ2v) is 12.1. The Morgan fingerprint density at radius 1 is 0.550 bits per heavy atom. The maximum atomic E-state index is 12.5. The zero-order valence-electron chi connectivity index (χ0n) is 26.9. The molecule has 0 aliphatic rings. The van der Waals surface area contributed by atoms with Crippen molar-refractivity contribution in [2.24, 2.45) is 0 Å². The highest BCUT2D eigenvalue weighted by atomic mass is 16.6. The van der Waals surface area contributed by atoms with Gasteiger partial charge < -0.3 is 20.1 Å². The molecule has 240 valence electrons. The second-order valence-electron chi connectivity index (χ2n) is 12.1. The molecule has 40 heavy (non-hydrogen) atoms. The number of aliphatic hydroxyl groups excluding tert-OH is 3. The number of hydrogen-bond acceptors (Lipinski definition) is 5. The molecule has 0 radical (unpaired) electrons. The van der Waals surface area contributed by atoms with E-state index in [-0.39, 0.29) is 6.54 Å². The number of aliphatic hydroxyl groups is 3. The average molecular weight is 572 g/mol. The summed E-state index contributed by atoms with van der Waals surface area (Å²) >= 11 is 0. The van der Waals surface area contributed by atoms with Gasteiger partial charge in [-0.2, -0.15) is 0 Å². The van der Waals surface area contributed by atoms with E-state index in [4.69, 9.17) is 4.74 Å². The van der Waals surface area contributed by atoms with Crippen molar-refractivity contribution < 1.29 is 24.9 Å². The van der Waals surface area contributed by atoms with Gasteiger partial charge in [-0.05, 0) is 19.8 Å². The Hall–Kier alpha value is -0.850. The largest absolute Gasteiger partial charge is 0.449 e. The third-order valence-electron chi connectivity index (χ3n) is 8.09. The van der Waals surface area contributed by atoms with E-state index in [0.29, 0.717) is 13.0 Å². The first kappa shape index (κ1) is 39.1. The lowest BCUT2D eigenvalue weighted by molar-refractivity contribution is -0.0461. The zero-order valence-corrected chi connectivity index (χ0v) is 26.9. The van der Waals surface area contributed by atoms with Gasteiger partial charge in [-0.3, -0.25) is 4.90 Å². The maximum Gasteiger partial charge on any atom is 0.411 e. The van der Waals surface area contributed by atoms with Crippen LogP contribution in [0.15, 0.2) is 0 Å². The molecule has 0 saturated heterocycles. The third-order valence-corrected chi connectivity index (χ3v) is 8.09. The maximum absolute atomic E-state index is 12.5. The van der Waals surface area contributed by atoms with E-state index in [2.05, 4.69) is 13.8 Å². The molecule has 3 atom stereocenters. The van der Waals surface area contributed by atoms with E-state index < -0.39 is 24.5 Å². The Morgan fingerprint density at radius 3 is 1.27 bits per heavy atom. The fourth-order valence-corrected chi connectivity index (χ4v) is 5.28. The van der Waals surface area contributed by atoms with E-state index in [0.717, 1.165) is 43.4 Å². The van der Waals surface area contributed by atoms with Crippen molar-refractivity contribution in [3.8, 4) is 0 Å². The monoisotopic (exact) mass is 572 g/mol. The molecule has 0 saturated carbocycles. The van der Waals surface area contributed by atoms with Crippen LogP contribution in [0, 0.1) is 0 Å². The highest BCUT2D eigenvalue weighted by molar-refractivity contribution is 5.67. The Bertz CT molecular complexity index is 530. The van der Waals surface area contributed by atoms with Crippen LogP contribution < -0.4 is 0 Å². The van der Waals surface area contributed by atoms with Gasteiger partial charge in [0.1, 0.15) is 6.23 Å². The van der Waals surface area contributed by atoms with Gasteiger partial charge in [-0.25, -0.2) is 4.79 Å². The summed E-state index contributed by atoms with van der Waals surface area (Å²) in [7, 11) is 0. The van der Waals surface area contributed by atoms with Gasteiger partial charge in [0.05, 0.1) is 25.4 Å². The summed E-state index contributed by atoms with van der Waals surface area (Å²) in [6.07, 6.45) is 26.7. The lowest BCUT2D eigenvalue weighted by Crippen LogP contribution is -2.46.